The van der Waals surface area contributed by atoms with Crippen molar-refractivity contribution in [3.05, 3.63) is 0 Å². The number of amides is 1. The van der Waals surface area contributed by atoms with E-state index in [1.807, 2.05) is 7.05 Å². The summed E-state index contributed by atoms with van der Waals surface area (Å²) in [6, 6.07) is 0. The van der Waals surface area contributed by atoms with E-state index in [1.165, 1.54) is 71.0 Å². The van der Waals surface area contributed by atoms with Gasteiger partial charge in [0.15, 0.2) is 0 Å². The molecule has 2 saturated heterocycles. The normalized spacial score (nSPS) is 33.9. The van der Waals surface area contributed by atoms with Gasteiger partial charge >= 0.3 is 0 Å². The first-order valence-electron chi connectivity index (χ1n) is 8.69. The van der Waals surface area contributed by atoms with Crippen molar-refractivity contribution in [2.24, 2.45) is 5.92 Å². The fraction of sp³-hybridized carbons (Fsp3) is 0.941. The van der Waals surface area contributed by atoms with Crippen molar-refractivity contribution in [1.82, 2.24) is 9.80 Å². The van der Waals surface area contributed by atoms with Crippen molar-refractivity contribution in [1.29, 1.82) is 0 Å². The molecule has 0 aromatic carbocycles. The predicted octanol–water partition coefficient (Wildman–Crippen LogP) is 3.04. The smallest absolute Gasteiger partial charge is 0.222 e. The summed E-state index contributed by atoms with van der Waals surface area (Å²) in [6.45, 7) is 3.77. The van der Waals surface area contributed by atoms with Crippen molar-refractivity contribution in [3.63, 3.8) is 0 Å². The summed E-state index contributed by atoms with van der Waals surface area (Å²) in [5.74, 6) is 1.31. The lowest BCUT2D eigenvalue weighted by Crippen LogP contribution is -2.44. The molecule has 3 fully saturated rings. The Morgan fingerprint density at radius 1 is 1.05 bits per heavy atom. The molecule has 3 heteroatoms. The minimum atomic E-state index is 0.207. The quantitative estimate of drug-likeness (QED) is 0.775. The first-order chi connectivity index (χ1) is 9.70. The fourth-order valence-corrected chi connectivity index (χ4v) is 4.68. The summed E-state index contributed by atoms with van der Waals surface area (Å²) in [5.41, 5.74) is 0.207. The van der Waals surface area contributed by atoms with Gasteiger partial charge in [0.2, 0.25) is 5.91 Å². The SMILES string of the molecule is CN1C(=O)CC[C@@]12CCCN(CC1CCCCC1)CC2. The van der Waals surface area contributed by atoms with Gasteiger partial charge in [-0.25, -0.2) is 0 Å². The van der Waals surface area contributed by atoms with E-state index in [0.717, 1.165) is 18.8 Å². The molecule has 1 aliphatic carbocycles. The zero-order valence-electron chi connectivity index (χ0n) is 13.1. The van der Waals surface area contributed by atoms with Crippen LogP contribution in [0.3, 0.4) is 0 Å². The minimum absolute atomic E-state index is 0.207. The van der Waals surface area contributed by atoms with Crippen LogP contribution in [0.15, 0.2) is 0 Å². The molecule has 0 bridgehead atoms. The first-order valence-corrected chi connectivity index (χ1v) is 8.69. The Bertz CT molecular complexity index is 351. The topological polar surface area (TPSA) is 23.6 Å². The van der Waals surface area contributed by atoms with Crippen LogP contribution >= 0.6 is 0 Å². The number of nitrogens with zero attached hydrogens (tertiary/aromatic N) is 2. The van der Waals surface area contributed by atoms with E-state index in [-0.39, 0.29) is 5.54 Å². The molecule has 1 atom stereocenters. The molecule has 3 nitrogen and oxygen atoms in total. The van der Waals surface area contributed by atoms with Crippen LogP contribution in [0.25, 0.3) is 0 Å². The second kappa shape index (κ2) is 6.05. The highest BCUT2D eigenvalue weighted by molar-refractivity contribution is 5.79. The van der Waals surface area contributed by atoms with Gasteiger partial charge in [0.25, 0.3) is 0 Å². The Morgan fingerprint density at radius 2 is 1.85 bits per heavy atom. The predicted molar refractivity (Wildman–Crippen MR) is 81.6 cm³/mol. The zero-order chi connectivity index (χ0) is 14.0. The van der Waals surface area contributed by atoms with Crippen molar-refractivity contribution in [3.8, 4) is 0 Å². The van der Waals surface area contributed by atoms with Crippen molar-refractivity contribution in [2.75, 3.05) is 26.7 Å². The van der Waals surface area contributed by atoms with Gasteiger partial charge in [0, 0.05) is 32.1 Å². The molecular formula is C17H30N2O. The van der Waals surface area contributed by atoms with E-state index >= 15 is 0 Å². The van der Waals surface area contributed by atoms with Crippen LogP contribution in [0.4, 0.5) is 0 Å². The van der Waals surface area contributed by atoms with Gasteiger partial charge < -0.3 is 9.80 Å². The third kappa shape index (κ3) is 2.88. The summed E-state index contributed by atoms with van der Waals surface area (Å²) >= 11 is 0. The standard InChI is InChI=1S/C17H30N2O/c1-18-16(20)8-10-17(18)9-5-12-19(13-11-17)14-15-6-3-2-4-7-15/h15H,2-14H2,1H3/t17-/m1/s1. The van der Waals surface area contributed by atoms with Gasteiger partial charge in [-0.2, -0.15) is 0 Å². The molecular weight excluding hydrogens is 248 g/mol. The number of hydrogen-bond acceptors (Lipinski definition) is 2. The number of hydrogen-bond donors (Lipinski definition) is 0. The van der Waals surface area contributed by atoms with Gasteiger partial charge in [0.05, 0.1) is 0 Å². The lowest BCUT2D eigenvalue weighted by atomic mass is 9.88. The van der Waals surface area contributed by atoms with E-state index in [0.29, 0.717) is 5.91 Å². The summed E-state index contributed by atoms with van der Waals surface area (Å²) in [6.07, 6.45) is 12.8. The van der Waals surface area contributed by atoms with Crippen LogP contribution in [-0.2, 0) is 4.79 Å². The summed E-state index contributed by atoms with van der Waals surface area (Å²) in [7, 11) is 2.03. The van der Waals surface area contributed by atoms with Gasteiger partial charge in [-0.15, -0.1) is 0 Å². The Labute approximate surface area is 123 Å². The van der Waals surface area contributed by atoms with Crippen LogP contribution in [0.1, 0.15) is 64.2 Å². The Hall–Kier alpha value is -0.570. The number of rotatable bonds is 2. The van der Waals surface area contributed by atoms with Crippen LogP contribution in [0.5, 0.6) is 0 Å². The molecule has 0 unspecified atom stereocenters. The minimum Gasteiger partial charge on any atom is -0.340 e. The molecule has 0 N–H and O–H groups in total. The van der Waals surface area contributed by atoms with E-state index in [9.17, 15) is 4.79 Å². The summed E-state index contributed by atoms with van der Waals surface area (Å²) in [5, 5.41) is 0. The zero-order valence-corrected chi connectivity index (χ0v) is 13.1. The maximum atomic E-state index is 11.9. The van der Waals surface area contributed by atoms with Crippen LogP contribution in [0.2, 0.25) is 0 Å². The number of likely N-dealkylation sites (tertiary alicyclic amines) is 2. The first kappa shape index (κ1) is 14.4. The maximum Gasteiger partial charge on any atom is 0.222 e. The van der Waals surface area contributed by atoms with Gasteiger partial charge in [-0.05, 0) is 51.0 Å². The van der Waals surface area contributed by atoms with Gasteiger partial charge in [-0.1, -0.05) is 19.3 Å². The Kier molecular flexibility index (Phi) is 4.34. The Morgan fingerprint density at radius 3 is 2.55 bits per heavy atom. The van der Waals surface area contributed by atoms with E-state index in [2.05, 4.69) is 9.80 Å². The molecule has 3 rings (SSSR count). The fourth-order valence-electron chi connectivity index (χ4n) is 4.68. The van der Waals surface area contributed by atoms with E-state index in [1.54, 1.807) is 0 Å². The van der Waals surface area contributed by atoms with E-state index in [4.69, 9.17) is 0 Å². The van der Waals surface area contributed by atoms with Crippen molar-refractivity contribution in [2.45, 2.75) is 69.7 Å². The van der Waals surface area contributed by atoms with E-state index < -0.39 is 0 Å². The summed E-state index contributed by atoms with van der Waals surface area (Å²) in [4.78, 5) is 16.6. The second-order valence-corrected chi connectivity index (χ2v) is 7.34. The Balaban J connectivity index is 1.55. The largest absolute Gasteiger partial charge is 0.340 e. The number of carbonyl (C=O) groups is 1. The summed E-state index contributed by atoms with van der Waals surface area (Å²) < 4.78 is 0. The molecule has 1 spiro atoms. The van der Waals surface area contributed by atoms with Crippen molar-refractivity contribution < 1.29 is 4.79 Å². The molecule has 1 amide bonds. The van der Waals surface area contributed by atoms with Crippen LogP contribution in [-0.4, -0.2) is 47.9 Å². The highest BCUT2D eigenvalue weighted by Gasteiger charge is 2.43. The molecule has 20 heavy (non-hydrogen) atoms. The molecule has 3 aliphatic rings. The molecule has 2 heterocycles. The third-order valence-electron chi connectivity index (χ3n) is 6.14. The number of carbonyl (C=O) groups excluding carboxylic acids is 1. The average molecular weight is 278 g/mol. The van der Waals surface area contributed by atoms with Gasteiger partial charge in [-0.3, -0.25) is 4.79 Å². The molecule has 0 radical (unpaired) electrons. The molecule has 1 saturated carbocycles. The molecule has 114 valence electrons. The molecule has 2 aliphatic heterocycles. The maximum absolute atomic E-state index is 11.9. The molecule has 0 aromatic heterocycles. The lowest BCUT2D eigenvalue weighted by molar-refractivity contribution is -0.129. The van der Waals surface area contributed by atoms with Crippen LogP contribution < -0.4 is 0 Å². The average Bonchev–Trinajstić information content (AvgIpc) is 2.66. The van der Waals surface area contributed by atoms with Gasteiger partial charge in [0.1, 0.15) is 0 Å². The lowest BCUT2D eigenvalue weighted by Gasteiger charge is -2.35. The second-order valence-electron chi connectivity index (χ2n) is 7.34. The van der Waals surface area contributed by atoms with Crippen LogP contribution in [0, 0.1) is 5.92 Å². The monoisotopic (exact) mass is 278 g/mol. The highest BCUT2D eigenvalue weighted by Crippen LogP contribution is 2.38. The van der Waals surface area contributed by atoms with Crippen molar-refractivity contribution >= 4 is 5.91 Å². The third-order valence-corrected chi connectivity index (χ3v) is 6.14. The highest BCUT2D eigenvalue weighted by atomic mass is 16.2. The molecule has 0 aromatic rings.